The third kappa shape index (κ3) is 1.85. The van der Waals surface area contributed by atoms with E-state index in [1.807, 2.05) is 20.8 Å². The molecular formula is C18H18O6. The van der Waals surface area contributed by atoms with E-state index in [1.54, 1.807) is 6.92 Å². The zero-order valence-electron chi connectivity index (χ0n) is 14.1. The number of hydrogen-bond donors (Lipinski definition) is 1. The highest BCUT2D eigenvalue weighted by Gasteiger charge is 2.51. The summed E-state index contributed by atoms with van der Waals surface area (Å²) in [6.07, 6.45) is -0.306. The minimum atomic E-state index is -0.876. The van der Waals surface area contributed by atoms with Crippen LogP contribution in [0.25, 0.3) is 5.76 Å². The molecule has 0 aromatic heterocycles. The maximum absolute atomic E-state index is 12.7. The van der Waals surface area contributed by atoms with E-state index in [0.717, 1.165) is 7.11 Å². The number of aromatic hydroxyl groups is 1. The van der Waals surface area contributed by atoms with Crippen LogP contribution >= 0.6 is 0 Å². The van der Waals surface area contributed by atoms with Gasteiger partial charge in [0.15, 0.2) is 0 Å². The fourth-order valence-corrected chi connectivity index (χ4v) is 3.31. The van der Waals surface area contributed by atoms with Gasteiger partial charge in [-0.1, -0.05) is 13.8 Å². The number of rotatable bonds is 1. The molecule has 1 heterocycles. The average molecular weight is 330 g/mol. The van der Waals surface area contributed by atoms with Gasteiger partial charge in [0, 0.05) is 11.0 Å². The van der Waals surface area contributed by atoms with Crippen molar-refractivity contribution in [3.63, 3.8) is 0 Å². The number of carbonyl (C=O) groups is 3. The second-order valence-electron chi connectivity index (χ2n) is 6.67. The Morgan fingerprint density at radius 3 is 2.46 bits per heavy atom. The molecule has 1 N–H and O–H groups in total. The van der Waals surface area contributed by atoms with Crippen molar-refractivity contribution in [2.75, 3.05) is 7.11 Å². The molecule has 1 aromatic carbocycles. The van der Waals surface area contributed by atoms with Crippen molar-refractivity contribution in [3.05, 3.63) is 33.9 Å². The van der Waals surface area contributed by atoms with Crippen LogP contribution in [0.2, 0.25) is 0 Å². The lowest BCUT2D eigenvalue weighted by atomic mass is 9.73. The zero-order valence-corrected chi connectivity index (χ0v) is 14.1. The fraction of sp³-hybridized carbons (Fsp3) is 0.389. The van der Waals surface area contributed by atoms with Crippen molar-refractivity contribution >= 4 is 23.3 Å². The molecule has 1 aliphatic heterocycles. The summed E-state index contributed by atoms with van der Waals surface area (Å²) in [7, 11) is 1.14. The maximum Gasteiger partial charge on any atom is 0.342 e. The number of carbonyl (C=O) groups excluding carboxylic acids is 3. The predicted octanol–water partition coefficient (Wildman–Crippen LogP) is 2.41. The lowest BCUT2D eigenvalue weighted by Crippen LogP contribution is -2.33. The van der Waals surface area contributed by atoms with Crippen LogP contribution in [-0.4, -0.2) is 35.9 Å². The van der Waals surface area contributed by atoms with E-state index >= 15 is 0 Å². The van der Waals surface area contributed by atoms with E-state index in [9.17, 15) is 19.5 Å². The van der Waals surface area contributed by atoms with Crippen molar-refractivity contribution < 1.29 is 29.0 Å². The summed E-state index contributed by atoms with van der Waals surface area (Å²) in [5.41, 5.74) is 0.169. The topological polar surface area (TPSA) is 89.9 Å². The van der Waals surface area contributed by atoms with Gasteiger partial charge in [-0.25, -0.2) is 4.79 Å². The van der Waals surface area contributed by atoms with Crippen LogP contribution in [0.1, 0.15) is 52.6 Å². The average Bonchev–Trinajstić information content (AvgIpc) is 2.73. The van der Waals surface area contributed by atoms with Crippen LogP contribution in [0.4, 0.5) is 0 Å². The smallest absolute Gasteiger partial charge is 0.342 e. The number of ether oxygens (including phenoxy) is 2. The Morgan fingerprint density at radius 2 is 1.88 bits per heavy atom. The van der Waals surface area contributed by atoms with Crippen molar-refractivity contribution in [1.29, 1.82) is 0 Å². The van der Waals surface area contributed by atoms with Crippen LogP contribution in [0.15, 0.2) is 11.6 Å². The molecule has 24 heavy (non-hydrogen) atoms. The molecule has 1 aromatic rings. The minimum absolute atomic E-state index is 0.145. The Balaban J connectivity index is 2.43. The highest BCUT2D eigenvalue weighted by Crippen LogP contribution is 2.51. The summed E-state index contributed by atoms with van der Waals surface area (Å²) in [4.78, 5) is 37.5. The Kier molecular flexibility index (Phi) is 3.34. The van der Waals surface area contributed by atoms with E-state index < -0.39 is 28.7 Å². The van der Waals surface area contributed by atoms with Crippen LogP contribution in [-0.2, 0) is 14.3 Å². The number of phenolic OH excluding ortho intramolecular Hbond substituents is 1. The summed E-state index contributed by atoms with van der Waals surface area (Å²) in [5, 5.41) is 10.1. The van der Waals surface area contributed by atoms with Gasteiger partial charge >= 0.3 is 5.97 Å². The fourth-order valence-electron chi connectivity index (χ4n) is 3.31. The number of aryl methyl sites for hydroxylation is 1. The van der Waals surface area contributed by atoms with Gasteiger partial charge in [0.25, 0.3) is 0 Å². The van der Waals surface area contributed by atoms with Crippen molar-refractivity contribution in [1.82, 2.24) is 0 Å². The number of methoxy groups -OCH3 is 1. The molecule has 0 radical (unpaired) electrons. The minimum Gasteiger partial charge on any atom is -0.507 e. The maximum atomic E-state index is 12.7. The molecule has 0 bridgehead atoms. The van der Waals surface area contributed by atoms with Gasteiger partial charge in [-0.15, -0.1) is 0 Å². The summed E-state index contributed by atoms with van der Waals surface area (Å²) in [6.45, 7) is 7.19. The first kappa shape index (κ1) is 16.2. The van der Waals surface area contributed by atoms with Crippen LogP contribution in [0.3, 0.4) is 0 Å². The number of benzene rings is 1. The number of fused-ring (bicyclic) bond motifs is 2. The number of phenols is 1. The van der Waals surface area contributed by atoms with Gasteiger partial charge in [0.05, 0.1) is 18.2 Å². The number of hydrogen-bond acceptors (Lipinski definition) is 6. The molecule has 1 aliphatic carbocycles. The monoisotopic (exact) mass is 330 g/mol. The van der Waals surface area contributed by atoms with E-state index in [1.165, 1.54) is 6.07 Å². The molecule has 0 spiro atoms. The van der Waals surface area contributed by atoms with E-state index in [0.29, 0.717) is 22.5 Å². The molecule has 1 atom stereocenters. The third-order valence-electron chi connectivity index (χ3n) is 4.96. The molecule has 0 saturated carbocycles. The Bertz CT molecular complexity index is 844. The van der Waals surface area contributed by atoms with Crippen LogP contribution in [0.5, 0.6) is 5.75 Å². The van der Waals surface area contributed by atoms with Gasteiger partial charge < -0.3 is 14.6 Å². The molecular weight excluding hydrogens is 312 g/mol. The first-order valence-corrected chi connectivity index (χ1v) is 7.58. The standard InChI is InChI=1S/C18H18O6/c1-7-6-9(19)11(17(22)23-5)12-10(7)16-13(15(21)14(12)20)18(3,4)8(2)24-16/h6,8,19H,1-5H3. The van der Waals surface area contributed by atoms with Gasteiger partial charge in [-0.2, -0.15) is 0 Å². The zero-order chi connectivity index (χ0) is 18.0. The van der Waals surface area contributed by atoms with E-state index in [2.05, 4.69) is 4.74 Å². The molecule has 2 aliphatic rings. The second kappa shape index (κ2) is 4.93. The Labute approximate surface area is 139 Å². The lowest BCUT2D eigenvalue weighted by molar-refractivity contribution is -0.112. The summed E-state index contributed by atoms with van der Waals surface area (Å²) in [5.74, 6) is -2.49. The molecule has 1 unspecified atom stereocenters. The molecule has 6 heteroatoms. The first-order chi connectivity index (χ1) is 11.1. The molecule has 126 valence electrons. The molecule has 0 fully saturated rings. The quantitative estimate of drug-likeness (QED) is 0.628. The predicted molar refractivity (Wildman–Crippen MR) is 84.8 cm³/mol. The number of Topliss-reactive ketones (excluding diaryl/α,β-unsaturated/α-hetero) is 2. The third-order valence-corrected chi connectivity index (χ3v) is 4.96. The van der Waals surface area contributed by atoms with Crippen molar-refractivity contribution in [2.24, 2.45) is 5.41 Å². The van der Waals surface area contributed by atoms with Crippen LogP contribution in [0, 0.1) is 12.3 Å². The van der Waals surface area contributed by atoms with Gasteiger partial charge in [0.2, 0.25) is 11.6 Å². The van der Waals surface area contributed by atoms with Crippen molar-refractivity contribution in [2.45, 2.75) is 33.8 Å². The van der Waals surface area contributed by atoms with E-state index in [4.69, 9.17) is 4.74 Å². The summed E-state index contributed by atoms with van der Waals surface area (Å²) in [6, 6.07) is 1.37. The normalized spacial score (nSPS) is 21.3. The van der Waals surface area contributed by atoms with Gasteiger partial charge in [-0.3, -0.25) is 9.59 Å². The van der Waals surface area contributed by atoms with Crippen molar-refractivity contribution in [3.8, 4) is 5.75 Å². The molecule has 0 amide bonds. The summed E-state index contributed by atoms with van der Waals surface area (Å²) >= 11 is 0. The lowest BCUT2D eigenvalue weighted by Gasteiger charge is -2.25. The Morgan fingerprint density at radius 1 is 1.25 bits per heavy atom. The largest absolute Gasteiger partial charge is 0.507 e. The molecule has 0 saturated heterocycles. The Hall–Kier alpha value is -2.63. The highest BCUT2D eigenvalue weighted by molar-refractivity contribution is 6.53. The molecule has 6 nitrogen and oxygen atoms in total. The van der Waals surface area contributed by atoms with Crippen LogP contribution < -0.4 is 0 Å². The SMILES string of the molecule is COC(=O)c1c(O)cc(C)c2c1C(=O)C(=O)C1=C2OC(C)C1(C)C. The van der Waals surface area contributed by atoms with Gasteiger partial charge in [-0.05, 0) is 25.5 Å². The molecule has 3 rings (SSSR count). The first-order valence-electron chi connectivity index (χ1n) is 7.58. The van der Waals surface area contributed by atoms with E-state index in [-0.39, 0.29) is 17.2 Å². The van der Waals surface area contributed by atoms with Gasteiger partial charge in [0.1, 0.15) is 23.2 Å². The highest BCUT2D eigenvalue weighted by atomic mass is 16.5. The summed E-state index contributed by atoms with van der Waals surface area (Å²) < 4.78 is 10.5. The number of esters is 1. The second-order valence-corrected chi connectivity index (χ2v) is 6.67. The number of ketones is 2.